The van der Waals surface area contributed by atoms with Crippen LogP contribution in [-0.2, 0) is 15.8 Å². The lowest BCUT2D eigenvalue weighted by Gasteiger charge is -2.26. The summed E-state index contributed by atoms with van der Waals surface area (Å²) in [5, 5.41) is 2.95. The van der Waals surface area contributed by atoms with Gasteiger partial charge in [0.05, 0.1) is 15.5 Å². The van der Waals surface area contributed by atoms with Gasteiger partial charge in [0.25, 0.3) is 5.91 Å². The molecule has 30 heavy (non-hydrogen) atoms. The number of halogens is 2. The molecule has 1 aliphatic heterocycles. The molecule has 0 aromatic heterocycles. The monoisotopic (exact) mass is 470 g/mol. The molecule has 1 heterocycles. The van der Waals surface area contributed by atoms with Crippen LogP contribution in [0.4, 0.5) is 4.39 Å². The van der Waals surface area contributed by atoms with Gasteiger partial charge >= 0.3 is 0 Å². The number of nitrogens with one attached hydrogen (secondary N) is 1. The number of sulfonamides is 1. The lowest BCUT2D eigenvalue weighted by Crippen LogP contribution is -2.35. The number of amides is 1. The maximum atomic E-state index is 13.6. The Hall–Kier alpha value is -1.61. The van der Waals surface area contributed by atoms with Crippen LogP contribution in [0.25, 0.3) is 0 Å². The third-order valence-electron chi connectivity index (χ3n) is 4.88. The molecule has 2 aromatic rings. The van der Waals surface area contributed by atoms with Crippen LogP contribution in [0, 0.1) is 5.82 Å². The quantitative estimate of drug-likeness (QED) is 0.583. The summed E-state index contributed by atoms with van der Waals surface area (Å²) in [6.07, 6.45) is 2.70. The Balaban J connectivity index is 1.57. The first-order valence-corrected chi connectivity index (χ1v) is 12.8. The van der Waals surface area contributed by atoms with Gasteiger partial charge in [0, 0.05) is 31.1 Å². The lowest BCUT2D eigenvalue weighted by atomic mass is 10.2. The Morgan fingerprint density at radius 1 is 1.13 bits per heavy atom. The second-order valence-electron chi connectivity index (χ2n) is 7.01. The molecule has 0 bridgehead atoms. The first kappa shape index (κ1) is 23.1. The fourth-order valence-corrected chi connectivity index (χ4v) is 5.81. The molecule has 0 atom stereocenters. The lowest BCUT2D eigenvalue weighted by molar-refractivity contribution is 0.0956. The van der Waals surface area contributed by atoms with Gasteiger partial charge in [-0.1, -0.05) is 36.2 Å². The van der Waals surface area contributed by atoms with Crippen LogP contribution in [0.1, 0.15) is 35.2 Å². The molecule has 5 nitrogen and oxygen atoms in total. The number of hydrogen-bond donors (Lipinski definition) is 1. The molecule has 162 valence electrons. The maximum absolute atomic E-state index is 13.6. The molecule has 3 rings (SSSR count). The highest BCUT2D eigenvalue weighted by Crippen LogP contribution is 2.25. The first-order chi connectivity index (χ1) is 14.4. The van der Waals surface area contributed by atoms with Crippen molar-refractivity contribution >= 4 is 39.3 Å². The zero-order valence-electron chi connectivity index (χ0n) is 16.4. The van der Waals surface area contributed by atoms with Crippen LogP contribution >= 0.6 is 23.4 Å². The van der Waals surface area contributed by atoms with Crippen LogP contribution in [0.15, 0.2) is 47.4 Å². The van der Waals surface area contributed by atoms with Crippen molar-refractivity contribution in [1.29, 1.82) is 0 Å². The van der Waals surface area contributed by atoms with Gasteiger partial charge in [0.15, 0.2) is 0 Å². The van der Waals surface area contributed by atoms with Gasteiger partial charge in [-0.2, -0.15) is 16.1 Å². The van der Waals surface area contributed by atoms with Gasteiger partial charge in [0.2, 0.25) is 10.0 Å². The van der Waals surface area contributed by atoms with E-state index in [1.54, 1.807) is 18.2 Å². The Morgan fingerprint density at radius 3 is 2.60 bits per heavy atom. The van der Waals surface area contributed by atoms with Crippen LogP contribution in [-0.4, -0.2) is 44.0 Å². The molecule has 1 fully saturated rings. The Morgan fingerprint density at radius 2 is 1.87 bits per heavy atom. The standard InChI is InChI=1S/C21H24ClFN2O3S2/c22-19-9-8-17(30(27,28)25-11-4-1-5-12-25)14-18(19)21(26)24-10-13-29-15-16-6-2-3-7-20(16)23/h2-3,6-9,14H,1,4-5,10-13,15H2,(H,24,26). The average Bonchev–Trinajstić information content (AvgIpc) is 2.75. The fourth-order valence-electron chi connectivity index (χ4n) is 3.22. The van der Waals surface area contributed by atoms with Crippen molar-refractivity contribution in [3.05, 3.63) is 64.4 Å². The molecule has 1 saturated heterocycles. The Labute approximate surface area is 186 Å². The molecule has 9 heteroatoms. The van der Waals surface area contributed by atoms with Crippen LogP contribution in [0.2, 0.25) is 5.02 Å². The van der Waals surface area contributed by atoms with E-state index in [4.69, 9.17) is 11.6 Å². The number of benzene rings is 2. The van der Waals surface area contributed by atoms with Gasteiger partial charge in [-0.15, -0.1) is 0 Å². The highest BCUT2D eigenvalue weighted by atomic mass is 35.5. The molecular formula is C21H24ClFN2O3S2. The first-order valence-electron chi connectivity index (χ1n) is 9.78. The largest absolute Gasteiger partial charge is 0.351 e. The third-order valence-corrected chi connectivity index (χ3v) is 8.11. The summed E-state index contributed by atoms with van der Waals surface area (Å²) in [5.41, 5.74) is 0.751. The second-order valence-corrected chi connectivity index (χ2v) is 10.5. The van der Waals surface area contributed by atoms with Gasteiger partial charge in [-0.25, -0.2) is 12.8 Å². The van der Waals surface area contributed by atoms with Crippen molar-refractivity contribution in [3.8, 4) is 0 Å². The van der Waals surface area contributed by atoms with Gasteiger partial charge in [-0.3, -0.25) is 4.79 Å². The topological polar surface area (TPSA) is 66.5 Å². The molecule has 0 radical (unpaired) electrons. The zero-order chi connectivity index (χ0) is 21.6. The number of thioether (sulfide) groups is 1. The van der Waals surface area contributed by atoms with Crippen molar-refractivity contribution in [1.82, 2.24) is 9.62 Å². The number of carbonyl (C=O) groups is 1. The second kappa shape index (κ2) is 10.6. The van der Waals surface area contributed by atoms with E-state index in [0.29, 0.717) is 36.7 Å². The molecule has 1 N–H and O–H groups in total. The van der Waals surface area contributed by atoms with E-state index in [-0.39, 0.29) is 21.3 Å². The summed E-state index contributed by atoms with van der Waals surface area (Å²) in [4.78, 5) is 12.6. The predicted octanol–water partition coefficient (Wildman–Crippen LogP) is 4.32. The highest BCUT2D eigenvalue weighted by molar-refractivity contribution is 7.98. The van der Waals surface area contributed by atoms with E-state index in [0.717, 1.165) is 19.3 Å². The minimum absolute atomic E-state index is 0.0767. The molecular weight excluding hydrogens is 447 g/mol. The Kier molecular flexibility index (Phi) is 8.16. The normalized spacial score (nSPS) is 15.1. The minimum Gasteiger partial charge on any atom is -0.351 e. The van der Waals surface area contributed by atoms with Crippen molar-refractivity contribution in [3.63, 3.8) is 0 Å². The van der Waals surface area contributed by atoms with Gasteiger partial charge < -0.3 is 5.32 Å². The van der Waals surface area contributed by atoms with Gasteiger partial charge in [0.1, 0.15) is 5.82 Å². The zero-order valence-corrected chi connectivity index (χ0v) is 18.8. The molecule has 0 aliphatic carbocycles. The Bertz CT molecular complexity index is 995. The number of nitrogens with zero attached hydrogens (tertiary/aromatic N) is 1. The van der Waals surface area contributed by atoms with Crippen molar-refractivity contribution in [2.45, 2.75) is 29.9 Å². The molecule has 1 amide bonds. The van der Waals surface area contributed by atoms with E-state index in [1.807, 2.05) is 0 Å². The van der Waals surface area contributed by atoms with Crippen molar-refractivity contribution < 1.29 is 17.6 Å². The summed E-state index contributed by atoms with van der Waals surface area (Å²) in [7, 11) is -3.64. The smallest absolute Gasteiger partial charge is 0.252 e. The van der Waals surface area contributed by atoms with Crippen molar-refractivity contribution in [2.75, 3.05) is 25.4 Å². The molecule has 1 aliphatic rings. The van der Waals surface area contributed by atoms with Crippen LogP contribution in [0.3, 0.4) is 0 Å². The number of piperidine rings is 1. The summed E-state index contributed by atoms with van der Waals surface area (Å²) < 4.78 is 40.8. The van der Waals surface area contributed by atoms with Crippen LogP contribution in [0.5, 0.6) is 0 Å². The van der Waals surface area contributed by atoms with E-state index < -0.39 is 15.9 Å². The van der Waals surface area contributed by atoms with E-state index in [9.17, 15) is 17.6 Å². The molecule has 0 spiro atoms. The van der Waals surface area contributed by atoms with Crippen molar-refractivity contribution in [2.24, 2.45) is 0 Å². The van der Waals surface area contributed by atoms with E-state index in [2.05, 4.69) is 5.32 Å². The van der Waals surface area contributed by atoms with Gasteiger partial charge in [-0.05, 0) is 42.7 Å². The highest BCUT2D eigenvalue weighted by Gasteiger charge is 2.27. The molecule has 2 aromatic carbocycles. The number of hydrogen-bond acceptors (Lipinski definition) is 4. The summed E-state index contributed by atoms with van der Waals surface area (Å²) in [5.74, 6) is 0.422. The predicted molar refractivity (Wildman–Crippen MR) is 119 cm³/mol. The molecule has 0 saturated carbocycles. The van der Waals surface area contributed by atoms with Crippen LogP contribution < -0.4 is 5.32 Å². The van der Waals surface area contributed by atoms with E-state index in [1.165, 1.54) is 40.3 Å². The SMILES string of the molecule is O=C(NCCSCc1ccccc1F)c1cc(S(=O)(=O)N2CCCCC2)ccc1Cl. The van der Waals surface area contributed by atoms with E-state index >= 15 is 0 Å². The molecule has 0 unspecified atom stereocenters. The summed E-state index contributed by atoms with van der Waals surface area (Å²) in [6, 6.07) is 10.8. The number of rotatable bonds is 8. The third kappa shape index (κ3) is 5.75. The fraction of sp³-hybridized carbons (Fsp3) is 0.381. The maximum Gasteiger partial charge on any atom is 0.252 e. The number of carbonyl (C=O) groups excluding carboxylic acids is 1. The average molecular weight is 471 g/mol. The summed E-state index contributed by atoms with van der Waals surface area (Å²) >= 11 is 7.65. The summed E-state index contributed by atoms with van der Waals surface area (Å²) in [6.45, 7) is 1.34. The minimum atomic E-state index is -3.64.